The lowest BCUT2D eigenvalue weighted by Gasteiger charge is -2.09. The van der Waals surface area contributed by atoms with Crippen molar-refractivity contribution in [2.24, 2.45) is 11.7 Å². The Labute approximate surface area is 77.3 Å². The first-order valence-electron chi connectivity index (χ1n) is 4.22. The molecular formula is C8H15N3O2. The van der Waals surface area contributed by atoms with Gasteiger partial charge in [-0.1, -0.05) is 19.0 Å². The Bertz CT molecular complexity index is 260. The highest BCUT2D eigenvalue weighted by molar-refractivity contribution is 4.91. The SMILES string of the molecule is COCc1noc([C@@H](N)C(C)C)n1. The Morgan fingerprint density at radius 3 is 2.77 bits per heavy atom. The van der Waals surface area contributed by atoms with Gasteiger partial charge in [0.1, 0.15) is 6.61 Å². The van der Waals surface area contributed by atoms with Crippen molar-refractivity contribution in [3.63, 3.8) is 0 Å². The van der Waals surface area contributed by atoms with Gasteiger partial charge >= 0.3 is 0 Å². The van der Waals surface area contributed by atoms with Crippen molar-refractivity contribution in [2.75, 3.05) is 7.11 Å². The summed E-state index contributed by atoms with van der Waals surface area (Å²) in [6.07, 6.45) is 0. The van der Waals surface area contributed by atoms with E-state index in [1.54, 1.807) is 7.11 Å². The van der Waals surface area contributed by atoms with E-state index < -0.39 is 0 Å². The van der Waals surface area contributed by atoms with E-state index in [9.17, 15) is 0 Å². The zero-order valence-corrected chi connectivity index (χ0v) is 8.15. The average molecular weight is 185 g/mol. The number of nitrogens with zero attached hydrogens (tertiary/aromatic N) is 2. The Hall–Kier alpha value is -0.940. The van der Waals surface area contributed by atoms with Gasteiger partial charge in [0.05, 0.1) is 6.04 Å². The molecule has 0 aliphatic rings. The minimum Gasteiger partial charge on any atom is -0.377 e. The number of methoxy groups -OCH3 is 1. The first-order chi connectivity index (χ1) is 6.15. The maximum Gasteiger partial charge on any atom is 0.243 e. The molecule has 5 nitrogen and oxygen atoms in total. The van der Waals surface area contributed by atoms with E-state index in [1.165, 1.54) is 0 Å². The fourth-order valence-electron chi connectivity index (χ4n) is 0.876. The summed E-state index contributed by atoms with van der Waals surface area (Å²) in [7, 11) is 1.58. The number of ether oxygens (including phenoxy) is 1. The molecule has 0 bridgehead atoms. The van der Waals surface area contributed by atoms with E-state index in [0.717, 1.165) is 0 Å². The fraction of sp³-hybridized carbons (Fsp3) is 0.750. The molecule has 2 N–H and O–H groups in total. The van der Waals surface area contributed by atoms with Crippen LogP contribution in [0.4, 0.5) is 0 Å². The van der Waals surface area contributed by atoms with Gasteiger partial charge in [-0.15, -0.1) is 0 Å². The average Bonchev–Trinajstić information content (AvgIpc) is 2.52. The molecular weight excluding hydrogens is 170 g/mol. The van der Waals surface area contributed by atoms with Crippen molar-refractivity contribution < 1.29 is 9.26 Å². The summed E-state index contributed by atoms with van der Waals surface area (Å²) < 4.78 is 9.83. The van der Waals surface area contributed by atoms with Crippen LogP contribution < -0.4 is 5.73 Å². The minimum atomic E-state index is -0.196. The monoisotopic (exact) mass is 185 g/mol. The first kappa shape index (κ1) is 10.1. The predicted octanol–water partition coefficient (Wildman–Crippen LogP) is 0.872. The lowest BCUT2D eigenvalue weighted by Crippen LogP contribution is -2.17. The van der Waals surface area contributed by atoms with E-state index in [2.05, 4.69) is 10.1 Å². The number of aromatic nitrogens is 2. The Balaban J connectivity index is 2.67. The standard InChI is InChI=1S/C8H15N3O2/c1-5(2)7(9)8-10-6(4-12-3)11-13-8/h5,7H,4,9H2,1-3H3/t7-/m0/s1. The third kappa shape index (κ3) is 2.50. The molecule has 0 aliphatic carbocycles. The summed E-state index contributed by atoms with van der Waals surface area (Å²) in [6.45, 7) is 4.37. The van der Waals surface area contributed by atoms with Crippen LogP contribution in [0.1, 0.15) is 31.6 Å². The van der Waals surface area contributed by atoms with Crippen molar-refractivity contribution in [1.82, 2.24) is 10.1 Å². The van der Waals surface area contributed by atoms with Gasteiger partial charge in [0.25, 0.3) is 0 Å². The van der Waals surface area contributed by atoms with E-state index in [4.69, 9.17) is 15.0 Å². The molecule has 0 radical (unpaired) electrons. The van der Waals surface area contributed by atoms with Crippen molar-refractivity contribution in [2.45, 2.75) is 26.5 Å². The Morgan fingerprint density at radius 2 is 2.23 bits per heavy atom. The lowest BCUT2D eigenvalue weighted by molar-refractivity contribution is 0.174. The van der Waals surface area contributed by atoms with E-state index in [-0.39, 0.29) is 12.0 Å². The molecule has 5 heteroatoms. The first-order valence-corrected chi connectivity index (χ1v) is 4.22. The van der Waals surface area contributed by atoms with Gasteiger partial charge in [0.15, 0.2) is 5.82 Å². The van der Waals surface area contributed by atoms with Crippen LogP contribution in [0.3, 0.4) is 0 Å². The molecule has 0 unspecified atom stereocenters. The molecule has 0 saturated heterocycles. The van der Waals surface area contributed by atoms with E-state index >= 15 is 0 Å². The van der Waals surface area contributed by atoms with Crippen LogP contribution in [0.2, 0.25) is 0 Å². The minimum absolute atomic E-state index is 0.196. The molecule has 0 spiro atoms. The van der Waals surface area contributed by atoms with E-state index in [1.807, 2.05) is 13.8 Å². The maximum absolute atomic E-state index is 5.81. The smallest absolute Gasteiger partial charge is 0.243 e. The van der Waals surface area contributed by atoms with E-state index in [0.29, 0.717) is 18.3 Å². The second-order valence-electron chi connectivity index (χ2n) is 3.25. The number of rotatable bonds is 4. The van der Waals surface area contributed by atoms with Crippen LogP contribution in [-0.4, -0.2) is 17.3 Å². The highest BCUT2D eigenvalue weighted by Gasteiger charge is 2.17. The molecule has 74 valence electrons. The summed E-state index contributed by atoms with van der Waals surface area (Å²) in [6, 6.07) is -0.196. The third-order valence-electron chi connectivity index (χ3n) is 1.76. The third-order valence-corrected chi connectivity index (χ3v) is 1.76. The molecule has 0 fully saturated rings. The predicted molar refractivity (Wildman–Crippen MR) is 46.8 cm³/mol. The van der Waals surface area contributed by atoms with Crippen LogP contribution in [0, 0.1) is 5.92 Å². The molecule has 0 aliphatic heterocycles. The highest BCUT2D eigenvalue weighted by atomic mass is 16.5. The fourth-order valence-corrected chi connectivity index (χ4v) is 0.876. The number of hydrogen-bond donors (Lipinski definition) is 1. The van der Waals surface area contributed by atoms with Gasteiger partial charge < -0.3 is 15.0 Å². The van der Waals surface area contributed by atoms with Crippen LogP contribution in [-0.2, 0) is 11.3 Å². The van der Waals surface area contributed by atoms with Gasteiger partial charge in [-0.2, -0.15) is 4.98 Å². The largest absolute Gasteiger partial charge is 0.377 e. The van der Waals surface area contributed by atoms with Crippen LogP contribution in [0.15, 0.2) is 4.52 Å². The van der Waals surface area contributed by atoms with Crippen molar-refractivity contribution >= 4 is 0 Å². The summed E-state index contributed by atoms with van der Waals surface area (Å²) in [5, 5.41) is 3.72. The normalized spacial score (nSPS) is 13.6. The zero-order valence-electron chi connectivity index (χ0n) is 8.15. The van der Waals surface area contributed by atoms with Crippen molar-refractivity contribution in [1.29, 1.82) is 0 Å². The molecule has 1 aromatic heterocycles. The quantitative estimate of drug-likeness (QED) is 0.753. The summed E-state index contributed by atoms with van der Waals surface area (Å²) in [5.74, 6) is 1.30. The van der Waals surface area contributed by atoms with Gasteiger partial charge in [-0.25, -0.2) is 0 Å². The second kappa shape index (κ2) is 4.34. The molecule has 0 saturated carbocycles. The van der Waals surface area contributed by atoms with Gasteiger partial charge in [-0.3, -0.25) is 0 Å². The van der Waals surface area contributed by atoms with Crippen molar-refractivity contribution in [3.8, 4) is 0 Å². The Morgan fingerprint density at radius 1 is 1.54 bits per heavy atom. The molecule has 1 aromatic rings. The molecule has 1 atom stereocenters. The topological polar surface area (TPSA) is 74.2 Å². The molecule has 1 heterocycles. The van der Waals surface area contributed by atoms with Crippen molar-refractivity contribution in [3.05, 3.63) is 11.7 Å². The number of nitrogens with two attached hydrogens (primary N) is 1. The Kier molecular flexibility index (Phi) is 3.39. The number of hydrogen-bond acceptors (Lipinski definition) is 5. The molecule has 0 aromatic carbocycles. The summed E-state index contributed by atoms with van der Waals surface area (Å²) >= 11 is 0. The zero-order chi connectivity index (χ0) is 9.84. The van der Waals surface area contributed by atoms with Crippen LogP contribution in [0.5, 0.6) is 0 Å². The maximum atomic E-state index is 5.81. The van der Waals surface area contributed by atoms with Crippen LogP contribution >= 0.6 is 0 Å². The second-order valence-corrected chi connectivity index (χ2v) is 3.25. The molecule has 0 amide bonds. The van der Waals surface area contributed by atoms with Crippen LogP contribution in [0.25, 0.3) is 0 Å². The van der Waals surface area contributed by atoms with Gasteiger partial charge in [-0.05, 0) is 5.92 Å². The van der Waals surface area contributed by atoms with Gasteiger partial charge in [0, 0.05) is 7.11 Å². The molecule has 1 rings (SSSR count). The summed E-state index contributed by atoms with van der Waals surface area (Å²) in [5.41, 5.74) is 5.81. The molecule has 13 heavy (non-hydrogen) atoms. The lowest BCUT2D eigenvalue weighted by atomic mass is 10.1. The van der Waals surface area contributed by atoms with Gasteiger partial charge in [0.2, 0.25) is 5.89 Å². The summed E-state index contributed by atoms with van der Waals surface area (Å²) in [4.78, 5) is 4.09. The highest BCUT2D eigenvalue weighted by Crippen LogP contribution is 2.16.